The summed E-state index contributed by atoms with van der Waals surface area (Å²) in [5.41, 5.74) is 0.764. The maximum absolute atomic E-state index is 12.0. The van der Waals surface area contributed by atoms with Crippen molar-refractivity contribution in [2.75, 3.05) is 7.11 Å². The number of hydrogen-bond acceptors (Lipinski definition) is 3. The zero-order chi connectivity index (χ0) is 16.0. The van der Waals surface area contributed by atoms with Gasteiger partial charge in [0.25, 0.3) is 0 Å². The molecule has 0 aliphatic heterocycles. The van der Waals surface area contributed by atoms with Crippen molar-refractivity contribution >= 4 is 5.91 Å². The summed E-state index contributed by atoms with van der Waals surface area (Å²) in [5, 5.41) is 13.2. The molecule has 0 heterocycles. The van der Waals surface area contributed by atoms with Crippen molar-refractivity contribution in [2.45, 2.75) is 46.3 Å². The van der Waals surface area contributed by atoms with Gasteiger partial charge in [0.2, 0.25) is 5.91 Å². The van der Waals surface area contributed by atoms with Crippen molar-refractivity contribution in [3.8, 4) is 5.75 Å². The predicted molar refractivity (Wildman–Crippen MR) is 84.2 cm³/mol. The number of amides is 1. The molecule has 0 saturated heterocycles. The van der Waals surface area contributed by atoms with Crippen LogP contribution in [0, 0.1) is 11.8 Å². The molecule has 1 rings (SSSR count). The van der Waals surface area contributed by atoms with Crippen LogP contribution >= 0.6 is 0 Å². The zero-order valence-electron chi connectivity index (χ0n) is 13.6. The van der Waals surface area contributed by atoms with Crippen LogP contribution < -0.4 is 10.1 Å². The summed E-state index contributed by atoms with van der Waals surface area (Å²) in [5.74, 6) is 1.53. The van der Waals surface area contributed by atoms with Gasteiger partial charge in [-0.3, -0.25) is 4.79 Å². The summed E-state index contributed by atoms with van der Waals surface area (Å²) in [4.78, 5) is 12.0. The van der Waals surface area contributed by atoms with E-state index in [1.165, 1.54) is 0 Å². The molecule has 1 aromatic rings. The number of nitrogens with one attached hydrogen (secondary N) is 1. The van der Waals surface area contributed by atoms with Crippen LogP contribution in [0.5, 0.6) is 5.75 Å². The van der Waals surface area contributed by atoms with Crippen molar-refractivity contribution < 1.29 is 14.6 Å². The first-order valence-corrected chi connectivity index (χ1v) is 7.46. The van der Waals surface area contributed by atoms with Crippen molar-refractivity contribution in [1.82, 2.24) is 5.32 Å². The Kier molecular flexibility index (Phi) is 6.69. The van der Waals surface area contributed by atoms with Crippen molar-refractivity contribution in [3.05, 3.63) is 29.8 Å². The largest absolute Gasteiger partial charge is 0.497 e. The van der Waals surface area contributed by atoms with Crippen LogP contribution in [0.4, 0.5) is 0 Å². The van der Waals surface area contributed by atoms with Crippen LogP contribution in [0.3, 0.4) is 0 Å². The second-order valence-electron chi connectivity index (χ2n) is 6.00. The monoisotopic (exact) mass is 293 g/mol. The zero-order valence-corrected chi connectivity index (χ0v) is 13.6. The third-order valence-electron chi connectivity index (χ3n) is 3.97. The smallest absolute Gasteiger partial charge is 0.220 e. The van der Waals surface area contributed by atoms with Gasteiger partial charge in [-0.25, -0.2) is 0 Å². The highest BCUT2D eigenvalue weighted by molar-refractivity contribution is 5.76. The molecule has 3 unspecified atom stereocenters. The van der Waals surface area contributed by atoms with E-state index in [0.29, 0.717) is 18.3 Å². The van der Waals surface area contributed by atoms with Crippen LogP contribution in [0.2, 0.25) is 0 Å². The summed E-state index contributed by atoms with van der Waals surface area (Å²) in [7, 11) is 1.60. The number of carbonyl (C=O) groups is 1. The molecular formula is C17H27NO3. The molecule has 0 aliphatic carbocycles. The molecule has 2 N–H and O–H groups in total. The second kappa shape index (κ2) is 8.03. The quantitative estimate of drug-likeness (QED) is 0.812. The van der Waals surface area contributed by atoms with E-state index in [0.717, 1.165) is 11.3 Å². The SMILES string of the molecule is COc1ccc(C(O)C(C)NC(=O)CC(C)C(C)C)cc1. The molecule has 3 atom stereocenters. The molecule has 0 spiro atoms. The third kappa shape index (κ3) is 5.38. The Labute approximate surface area is 127 Å². The van der Waals surface area contributed by atoms with Crippen LogP contribution in [0.1, 0.15) is 45.8 Å². The van der Waals surface area contributed by atoms with Crippen LogP contribution in [0.25, 0.3) is 0 Å². The fourth-order valence-electron chi connectivity index (χ4n) is 2.01. The number of methoxy groups -OCH3 is 1. The lowest BCUT2D eigenvalue weighted by atomic mass is 9.94. The highest BCUT2D eigenvalue weighted by Gasteiger charge is 2.20. The maximum atomic E-state index is 12.0. The highest BCUT2D eigenvalue weighted by Crippen LogP contribution is 2.20. The minimum Gasteiger partial charge on any atom is -0.497 e. The summed E-state index contributed by atoms with van der Waals surface area (Å²) >= 11 is 0. The summed E-state index contributed by atoms with van der Waals surface area (Å²) in [6.07, 6.45) is -0.244. The first-order valence-electron chi connectivity index (χ1n) is 7.46. The molecule has 1 amide bonds. The first kappa shape index (κ1) is 17.5. The number of benzene rings is 1. The number of hydrogen-bond donors (Lipinski definition) is 2. The Morgan fingerprint density at radius 3 is 2.24 bits per heavy atom. The minimum atomic E-state index is -0.728. The molecule has 4 heteroatoms. The average molecular weight is 293 g/mol. The number of aliphatic hydroxyl groups excluding tert-OH is 1. The fourth-order valence-corrected chi connectivity index (χ4v) is 2.01. The molecule has 0 aliphatic rings. The van der Waals surface area contributed by atoms with Crippen LogP contribution in [0.15, 0.2) is 24.3 Å². The van der Waals surface area contributed by atoms with E-state index in [1.54, 1.807) is 19.2 Å². The average Bonchev–Trinajstić information content (AvgIpc) is 2.46. The van der Waals surface area contributed by atoms with E-state index in [9.17, 15) is 9.90 Å². The number of ether oxygens (including phenoxy) is 1. The Balaban J connectivity index is 2.57. The number of carbonyl (C=O) groups excluding carboxylic acids is 1. The predicted octanol–water partition coefficient (Wildman–Crippen LogP) is 2.92. The summed E-state index contributed by atoms with van der Waals surface area (Å²) in [6.45, 7) is 8.09. The standard InChI is InChI=1S/C17H27NO3/c1-11(2)12(3)10-16(19)18-13(4)17(20)14-6-8-15(21-5)9-7-14/h6-9,11-13,17,20H,10H2,1-5H3,(H,18,19). The van der Waals surface area contributed by atoms with Gasteiger partial charge in [0, 0.05) is 6.42 Å². The molecule has 1 aromatic carbocycles. The Hall–Kier alpha value is -1.55. The molecule has 0 aromatic heterocycles. The van der Waals surface area contributed by atoms with E-state index in [1.807, 2.05) is 19.1 Å². The second-order valence-corrected chi connectivity index (χ2v) is 6.00. The van der Waals surface area contributed by atoms with E-state index >= 15 is 0 Å². The van der Waals surface area contributed by atoms with Gasteiger partial charge >= 0.3 is 0 Å². The van der Waals surface area contributed by atoms with Gasteiger partial charge in [0.1, 0.15) is 5.75 Å². The van der Waals surface area contributed by atoms with Gasteiger partial charge in [0.15, 0.2) is 0 Å². The molecule has 4 nitrogen and oxygen atoms in total. The van der Waals surface area contributed by atoms with Gasteiger partial charge in [-0.15, -0.1) is 0 Å². The van der Waals surface area contributed by atoms with E-state index < -0.39 is 6.10 Å². The number of rotatable bonds is 7. The van der Waals surface area contributed by atoms with Crippen LogP contribution in [-0.4, -0.2) is 24.2 Å². The first-order chi connectivity index (χ1) is 9.85. The molecule has 21 heavy (non-hydrogen) atoms. The topological polar surface area (TPSA) is 58.6 Å². The highest BCUT2D eigenvalue weighted by atomic mass is 16.5. The molecule has 0 bridgehead atoms. The van der Waals surface area contributed by atoms with E-state index in [4.69, 9.17) is 4.74 Å². The summed E-state index contributed by atoms with van der Waals surface area (Å²) < 4.78 is 5.09. The lowest BCUT2D eigenvalue weighted by Gasteiger charge is -2.22. The van der Waals surface area contributed by atoms with E-state index in [-0.39, 0.29) is 11.9 Å². The molecule has 0 saturated carbocycles. The van der Waals surface area contributed by atoms with Gasteiger partial charge in [-0.2, -0.15) is 0 Å². The molecule has 0 fully saturated rings. The molecule has 118 valence electrons. The lowest BCUT2D eigenvalue weighted by Crippen LogP contribution is -2.38. The maximum Gasteiger partial charge on any atom is 0.220 e. The minimum absolute atomic E-state index is 0.0174. The van der Waals surface area contributed by atoms with Crippen LogP contribution in [-0.2, 0) is 4.79 Å². The van der Waals surface area contributed by atoms with E-state index in [2.05, 4.69) is 26.1 Å². The molecular weight excluding hydrogens is 266 g/mol. The molecule has 0 radical (unpaired) electrons. The van der Waals surface area contributed by atoms with Gasteiger partial charge < -0.3 is 15.2 Å². The number of aliphatic hydroxyl groups is 1. The lowest BCUT2D eigenvalue weighted by molar-refractivity contribution is -0.123. The third-order valence-corrected chi connectivity index (χ3v) is 3.97. The summed E-state index contributed by atoms with van der Waals surface area (Å²) in [6, 6.07) is 6.89. The van der Waals surface area contributed by atoms with Crippen molar-refractivity contribution in [1.29, 1.82) is 0 Å². The Morgan fingerprint density at radius 1 is 1.19 bits per heavy atom. The Bertz CT molecular complexity index is 442. The van der Waals surface area contributed by atoms with Gasteiger partial charge in [-0.1, -0.05) is 32.9 Å². The van der Waals surface area contributed by atoms with Crippen molar-refractivity contribution in [3.63, 3.8) is 0 Å². The normalized spacial score (nSPS) is 15.4. The fraction of sp³-hybridized carbons (Fsp3) is 0.588. The van der Waals surface area contributed by atoms with Gasteiger partial charge in [-0.05, 0) is 36.5 Å². The Morgan fingerprint density at radius 2 is 1.76 bits per heavy atom. The van der Waals surface area contributed by atoms with Crippen molar-refractivity contribution in [2.24, 2.45) is 11.8 Å². The van der Waals surface area contributed by atoms with Gasteiger partial charge in [0.05, 0.1) is 19.3 Å².